The molecule has 0 saturated heterocycles. The predicted molar refractivity (Wildman–Crippen MR) is 77.9 cm³/mol. The maximum absolute atomic E-state index is 12.1. The van der Waals surface area contributed by atoms with E-state index in [1.807, 2.05) is 43.3 Å². The van der Waals surface area contributed by atoms with E-state index in [4.69, 9.17) is 14.7 Å². The van der Waals surface area contributed by atoms with E-state index >= 15 is 0 Å². The van der Waals surface area contributed by atoms with Crippen molar-refractivity contribution in [2.75, 3.05) is 6.61 Å². The monoisotopic (exact) mass is 281 g/mol. The molecule has 0 heterocycles. The third-order valence-corrected chi connectivity index (χ3v) is 2.80. The zero-order chi connectivity index (χ0) is 15.1. The molecule has 4 heteroatoms. The number of carbonyl (C=O) groups excluding carboxylic acids is 1. The number of rotatable bonds is 5. The van der Waals surface area contributed by atoms with E-state index in [1.165, 1.54) is 6.07 Å². The number of nitriles is 1. The van der Waals surface area contributed by atoms with Crippen molar-refractivity contribution < 1.29 is 14.3 Å². The molecule has 2 aromatic carbocycles. The van der Waals surface area contributed by atoms with Crippen LogP contribution < -0.4 is 4.74 Å². The van der Waals surface area contributed by atoms with Crippen LogP contribution in [-0.2, 0) is 11.3 Å². The summed E-state index contributed by atoms with van der Waals surface area (Å²) in [6.07, 6.45) is 0. The van der Waals surface area contributed by atoms with Crippen molar-refractivity contribution >= 4 is 5.97 Å². The number of hydrogen-bond donors (Lipinski definition) is 0. The van der Waals surface area contributed by atoms with Gasteiger partial charge in [-0.1, -0.05) is 30.3 Å². The number of carbonyl (C=O) groups is 1. The molecule has 21 heavy (non-hydrogen) atoms. The molecule has 0 aliphatic carbocycles. The highest BCUT2D eigenvalue weighted by Crippen LogP contribution is 2.18. The van der Waals surface area contributed by atoms with Gasteiger partial charge in [-0.15, -0.1) is 0 Å². The minimum absolute atomic E-state index is 0.195. The third-order valence-electron chi connectivity index (χ3n) is 2.80. The lowest BCUT2D eigenvalue weighted by molar-refractivity contribution is 0.0472. The average Bonchev–Trinajstić information content (AvgIpc) is 2.53. The van der Waals surface area contributed by atoms with Crippen LogP contribution >= 0.6 is 0 Å². The molecule has 106 valence electrons. The standard InChI is InChI=1S/C17H15NO3/c1-2-20-16-9-14(11-18)8-15(10-16)17(19)21-12-13-6-4-3-5-7-13/h3-10H,2,12H2,1H3. The SMILES string of the molecule is CCOc1cc(C#N)cc(C(=O)OCc2ccccc2)c1. The summed E-state index contributed by atoms with van der Waals surface area (Å²) in [5.41, 5.74) is 1.59. The van der Waals surface area contributed by atoms with E-state index in [0.717, 1.165) is 5.56 Å². The Kier molecular flexibility index (Phi) is 4.94. The summed E-state index contributed by atoms with van der Waals surface area (Å²) >= 11 is 0. The van der Waals surface area contributed by atoms with E-state index in [1.54, 1.807) is 12.1 Å². The Labute approximate surface area is 123 Å². The first-order valence-corrected chi connectivity index (χ1v) is 6.62. The maximum Gasteiger partial charge on any atom is 0.338 e. The average molecular weight is 281 g/mol. The van der Waals surface area contributed by atoms with Crippen LogP contribution in [0.25, 0.3) is 0 Å². The normalized spacial score (nSPS) is 9.71. The van der Waals surface area contributed by atoms with Crippen LogP contribution in [0.5, 0.6) is 5.75 Å². The van der Waals surface area contributed by atoms with E-state index < -0.39 is 5.97 Å². The number of nitrogens with zero attached hydrogens (tertiary/aromatic N) is 1. The second-order valence-corrected chi connectivity index (χ2v) is 4.35. The molecule has 4 nitrogen and oxygen atoms in total. The summed E-state index contributed by atoms with van der Waals surface area (Å²) in [5, 5.41) is 8.99. The van der Waals surface area contributed by atoms with Crippen molar-refractivity contribution in [2.45, 2.75) is 13.5 Å². The van der Waals surface area contributed by atoms with Gasteiger partial charge < -0.3 is 9.47 Å². The molecule has 0 unspecified atom stereocenters. The first-order chi connectivity index (χ1) is 10.2. The van der Waals surface area contributed by atoms with Crippen molar-refractivity contribution in [1.82, 2.24) is 0 Å². The van der Waals surface area contributed by atoms with Gasteiger partial charge in [0.15, 0.2) is 0 Å². The first-order valence-electron chi connectivity index (χ1n) is 6.62. The van der Waals surface area contributed by atoms with Crippen molar-refractivity contribution in [1.29, 1.82) is 5.26 Å². The van der Waals surface area contributed by atoms with Crippen LogP contribution in [0.1, 0.15) is 28.4 Å². The summed E-state index contributed by atoms with van der Waals surface area (Å²) in [6.45, 7) is 2.50. The third kappa shape index (κ3) is 4.08. The smallest absolute Gasteiger partial charge is 0.338 e. The highest BCUT2D eigenvalue weighted by molar-refractivity contribution is 5.90. The molecule has 0 radical (unpaired) electrons. The molecule has 0 aliphatic heterocycles. The van der Waals surface area contributed by atoms with Gasteiger partial charge in [0.1, 0.15) is 12.4 Å². The van der Waals surface area contributed by atoms with Gasteiger partial charge in [0.25, 0.3) is 0 Å². The summed E-state index contributed by atoms with van der Waals surface area (Å²) in [7, 11) is 0. The van der Waals surface area contributed by atoms with Crippen molar-refractivity contribution in [3.8, 4) is 11.8 Å². The molecule has 0 fully saturated rings. The van der Waals surface area contributed by atoms with Gasteiger partial charge in [0, 0.05) is 0 Å². The van der Waals surface area contributed by atoms with Crippen molar-refractivity contribution in [3.63, 3.8) is 0 Å². The van der Waals surface area contributed by atoms with Gasteiger partial charge in [-0.2, -0.15) is 5.26 Å². The predicted octanol–water partition coefficient (Wildman–Crippen LogP) is 3.31. The molecular formula is C17H15NO3. The van der Waals surface area contributed by atoms with Crippen LogP contribution in [0.4, 0.5) is 0 Å². The Balaban J connectivity index is 2.11. The second kappa shape index (κ2) is 7.11. The Morgan fingerprint density at radius 2 is 1.95 bits per heavy atom. The molecule has 2 rings (SSSR count). The lowest BCUT2D eigenvalue weighted by atomic mass is 10.1. The van der Waals surface area contributed by atoms with Crippen molar-refractivity contribution in [2.24, 2.45) is 0 Å². The quantitative estimate of drug-likeness (QED) is 0.789. The largest absolute Gasteiger partial charge is 0.494 e. The highest BCUT2D eigenvalue weighted by atomic mass is 16.5. The van der Waals surface area contributed by atoms with Gasteiger partial charge in [0.05, 0.1) is 23.8 Å². The zero-order valence-corrected chi connectivity index (χ0v) is 11.7. The molecule has 0 atom stereocenters. The van der Waals surface area contributed by atoms with Crippen molar-refractivity contribution in [3.05, 3.63) is 65.2 Å². The Morgan fingerprint density at radius 1 is 1.19 bits per heavy atom. The van der Waals surface area contributed by atoms with Crippen LogP contribution in [0, 0.1) is 11.3 Å². The topological polar surface area (TPSA) is 59.3 Å². The lowest BCUT2D eigenvalue weighted by Crippen LogP contribution is -2.06. The fourth-order valence-electron chi connectivity index (χ4n) is 1.84. The molecule has 0 saturated carbocycles. The van der Waals surface area contributed by atoms with Crippen LogP contribution in [0.15, 0.2) is 48.5 Å². The van der Waals surface area contributed by atoms with Crippen LogP contribution in [-0.4, -0.2) is 12.6 Å². The van der Waals surface area contributed by atoms with Crippen LogP contribution in [0.2, 0.25) is 0 Å². The molecular weight excluding hydrogens is 266 g/mol. The van der Waals surface area contributed by atoms with Gasteiger partial charge in [-0.05, 0) is 30.7 Å². The number of esters is 1. The Morgan fingerprint density at radius 3 is 2.62 bits per heavy atom. The minimum Gasteiger partial charge on any atom is -0.494 e. The second-order valence-electron chi connectivity index (χ2n) is 4.35. The minimum atomic E-state index is -0.475. The van der Waals surface area contributed by atoms with E-state index in [9.17, 15) is 4.79 Å². The summed E-state index contributed by atoms with van der Waals surface area (Å²) in [4.78, 5) is 12.1. The Hall–Kier alpha value is -2.80. The highest BCUT2D eigenvalue weighted by Gasteiger charge is 2.11. The first kappa shape index (κ1) is 14.6. The van der Waals surface area contributed by atoms with Gasteiger partial charge in [-0.25, -0.2) is 4.79 Å². The molecule has 2 aromatic rings. The summed E-state index contributed by atoms with van der Waals surface area (Å²) < 4.78 is 10.6. The van der Waals surface area contributed by atoms with E-state index in [-0.39, 0.29) is 6.61 Å². The molecule has 0 spiro atoms. The molecule has 0 bridgehead atoms. The number of hydrogen-bond acceptors (Lipinski definition) is 4. The number of benzene rings is 2. The van der Waals surface area contributed by atoms with E-state index in [2.05, 4.69) is 0 Å². The molecule has 0 amide bonds. The lowest BCUT2D eigenvalue weighted by Gasteiger charge is -2.08. The molecule has 0 N–H and O–H groups in total. The summed E-state index contributed by atoms with van der Waals surface area (Å²) in [6, 6.07) is 16.1. The summed E-state index contributed by atoms with van der Waals surface area (Å²) in [5.74, 6) is 0.0140. The van der Waals surface area contributed by atoms with E-state index in [0.29, 0.717) is 23.5 Å². The maximum atomic E-state index is 12.1. The molecule has 0 aromatic heterocycles. The van der Waals surface area contributed by atoms with Gasteiger partial charge in [0.2, 0.25) is 0 Å². The molecule has 0 aliphatic rings. The van der Waals surface area contributed by atoms with Gasteiger partial charge in [-0.3, -0.25) is 0 Å². The fraction of sp³-hybridized carbons (Fsp3) is 0.176. The fourth-order valence-corrected chi connectivity index (χ4v) is 1.84. The zero-order valence-electron chi connectivity index (χ0n) is 11.7. The Bertz CT molecular complexity index is 659. The van der Waals surface area contributed by atoms with Crippen LogP contribution in [0.3, 0.4) is 0 Å². The number of ether oxygens (including phenoxy) is 2. The van der Waals surface area contributed by atoms with Gasteiger partial charge >= 0.3 is 5.97 Å².